The van der Waals surface area contributed by atoms with E-state index in [0.717, 1.165) is 6.54 Å². The Morgan fingerprint density at radius 3 is 2.82 bits per heavy atom. The van der Waals surface area contributed by atoms with Crippen molar-refractivity contribution in [2.24, 2.45) is 11.8 Å². The molecule has 0 radical (unpaired) electrons. The maximum Gasteiger partial charge on any atom is 0.0720 e. The van der Waals surface area contributed by atoms with Crippen LogP contribution in [0.3, 0.4) is 0 Å². The molecule has 1 rings (SSSR count). The molecule has 1 heterocycles. The molecule has 1 fully saturated rings. The lowest BCUT2D eigenvalue weighted by Gasteiger charge is -2.19. The fourth-order valence-corrected chi connectivity index (χ4v) is 1.60. The van der Waals surface area contributed by atoms with E-state index in [0.29, 0.717) is 18.6 Å². The lowest BCUT2D eigenvalue weighted by atomic mass is 10.1. The zero-order valence-corrected chi connectivity index (χ0v) is 7.42. The summed E-state index contributed by atoms with van der Waals surface area (Å²) in [5.74, 6) is 5.67. The summed E-state index contributed by atoms with van der Waals surface area (Å²) in [7, 11) is 0. The largest absolute Gasteiger partial charge is 0.304 e. The highest BCUT2D eigenvalue weighted by atomic mass is 16.6. The fraction of sp³-hybridized carbons (Fsp3) is 1.00. The van der Waals surface area contributed by atoms with Crippen LogP contribution >= 0.6 is 0 Å². The van der Waals surface area contributed by atoms with Gasteiger partial charge in [0.1, 0.15) is 0 Å². The molecular weight excluding hydrogens is 140 g/mol. The highest BCUT2D eigenvalue weighted by Gasteiger charge is 2.23. The Labute approximate surface area is 68.5 Å². The molecule has 1 saturated heterocycles. The number of likely N-dealkylation sites (tertiary alicyclic amines) is 1. The molecule has 66 valence electrons. The van der Waals surface area contributed by atoms with Crippen molar-refractivity contribution in [2.75, 3.05) is 19.7 Å². The summed E-state index contributed by atoms with van der Waals surface area (Å²) in [5.41, 5.74) is 0. The molecular formula is C8H18N2O. The van der Waals surface area contributed by atoms with Crippen LogP contribution in [0.15, 0.2) is 0 Å². The summed E-state index contributed by atoms with van der Waals surface area (Å²) in [5, 5.41) is 0. The van der Waals surface area contributed by atoms with Crippen molar-refractivity contribution in [1.29, 1.82) is 0 Å². The normalized spacial score (nSPS) is 26.7. The van der Waals surface area contributed by atoms with E-state index in [1.165, 1.54) is 13.0 Å². The molecule has 0 saturated carbocycles. The fourth-order valence-electron chi connectivity index (χ4n) is 1.60. The number of nitrogens with zero attached hydrogens (tertiary/aromatic N) is 1. The average Bonchev–Trinajstić information content (AvgIpc) is 2.37. The molecule has 0 aromatic carbocycles. The van der Waals surface area contributed by atoms with Crippen LogP contribution in [0.5, 0.6) is 0 Å². The van der Waals surface area contributed by atoms with Crippen LogP contribution in [0.4, 0.5) is 0 Å². The van der Waals surface area contributed by atoms with Crippen molar-refractivity contribution in [3.8, 4) is 0 Å². The Kier molecular flexibility index (Phi) is 3.30. The summed E-state index contributed by atoms with van der Waals surface area (Å²) in [6.45, 7) is 7.52. The smallest absolute Gasteiger partial charge is 0.0720 e. The highest BCUT2D eigenvalue weighted by molar-refractivity contribution is 4.77. The first-order chi connectivity index (χ1) is 5.24. The van der Waals surface area contributed by atoms with Crippen LogP contribution < -0.4 is 5.90 Å². The molecule has 11 heavy (non-hydrogen) atoms. The van der Waals surface area contributed by atoms with Crippen molar-refractivity contribution in [3.63, 3.8) is 0 Å². The van der Waals surface area contributed by atoms with Gasteiger partial charge in [-0.3, -0.25) is 0 Å². The van der Waals surface area contributed by atoms with Gasteiger partial charge in [0.25, 0.3) is 0 Å². The van der Waals surface area contributed by atoms with Crippen LogP contribution in [0.2, 0.25) is 0 Å². The molecule has 1 unspecified atom stereocenters. The van der Waals surface area contributed by atoms with Crippen LogP contribution in [0, 0.1) is 5.92 Å². The third-order valence-corrected chi connectivity index (χ3v) is 2.38. The quantitative estimate of drug-likeness (QED) is 0.611. The number of rotatable bonds is 3. The Morgan fingerprint density at radius 2 is 2.36 bits per heavy atom. The van der Waals surface area contributed by atoms with Gasteiger partial charge in [0.05, 0.1) is 6.61 Å². The summed E-state index contributed by atoms with van der Waals surface area (Å²) >= 11 is 0. The summed E-state index contributed by atoms with van der Waals surface area (Å²) in [6, 6.07) is 0.665. The van der Waals surface area contributed by atoms with Gasteiger partial charge in [-0.05, 0) is 32.7 Å². The molecule has 0 amide bonds. The molecule has 0 aliphatic carbocycles. The van der Waals surface area contributed by atoms with Crippen LogP contribution in [0.25, 0.3) is 0 Å². The summed E-state index contributed by atoms with van der Waals surface area (Å²) in [4.78, 5) is 7.09. The van der Waals surface area contributed by atoms with E-state index in [1.807, 2.05) is 0 Å². The molecule has 1 aliphatic rings. The van der Waals surface area contributed by atoms with Gasteiger partial charge in [0.2, 0.25) is 0 Å². The maximum atomic E-state index is 5.01. The van der Waals surface area contributed by atoms with E-state index < -0.39 is 0 Å². The minimum atomic E-state index is 0.655. The average molecular weight is 158 g/mol. The molecule has 0 aromatic heterocycles. The van der Waals surface area contributed by atoms with E-state index in [1.54, 1.807) is 0 Å². The molecule has 2 N–H and O–H groups in total. The van der Waals surface area contributed by atoms with Gasteiger partial charge in [-0.25, -0.2) is 5.90 Å². The second-order valence-electron chi connectivity index (χ2n) is 3.58. The molecule has 1 atom stereocenters. The summed E-state index contributed by atoms with van der Waals surface area (Å²) < 4.78 is 0. The van der Waals surface area contributed by atoms with E-state index in [2.05, 4.69) is 23.6 Å². The zero-order valence-electron chi connectivity index (χ0n) is 7.42. The Morgan fingerprint density at radius 1 is 1.64 bits per heavy atom. The van der Waals surface area contributed by atoms with E-state index in [4.69, 9.17) is 5.90 Å². The number of hydrogen-bond donors (Lipinski definition) is 1. The van der Waals surface area contributed by atoms with Gasteiger partial charge in [0.15, 0.2) is 0 Å². The van der Waals surface area contributed by atoms with Crippen molar-refractivity contribution < 1.29 is 4.84 Å². The monoisotopic (exact) mass is 158 g/mol. The van der Waals surface area contributed by atoms with Gasteiger partial charge >= 0.3 is 0 Å². The van der Waals surface area contributed by atoms with Gasteiger partial charge in [-0.2, -0.15) is 0 Å². The second kappa shape index (κ2) is 4.04. The first kappa shape index (κ1) is 8.97. The zero-order chi connectivity index (χ0) is 8.27. The molecule has 1 aliphatic heterocycles. The third kappa shape index (κ3) is 2.43. The predicted molar refractivity (Wildman–Crippen MR) is 45.0 cm³/mol. The topological polar surface area (TPSA) is 38.5 Å². The second-order valence-corrected chi connectivity index (χ2v) is 3.58. The molecule has 3 heteroatoms. The molecule has 0 bridgehead atoms. The van der Waals surface area contributed by atoms with Crippen LogP contribution in [-0.2, 0) is 4.84 Å². The highest BCUT2D eigenvalue weighted by Crippen LogP contribution is 2.17. The SMILES string of the molecule is CC(C)N1CCC(CON)C1. The lowest BCUT2D eigenvalue weighted by Crippen LogP contribution is -2.29. The van der Waals surface area contributed by atoms with E-state index in [9.17, 15) is 0 Å². The molecule has 3 nitrogen and oxygen atoms in total. The van der Waals surface area contributed by atoms with Crippen molar-refractivity contribution in [3.05, 3.63) is 0 Å². The van der Waals surface area contributed by atoms with E-state index >= 15 is 0 Å². The Bertz CT molecular complexity index is 117. The van der Waals surface area contributed by atoms with Gasteiger partial charge < -0.3 is 9.74 Å². The Balaban J connectivity index is 2.23. The number of hydrogen-bond acceptors (Lipinski definition) is 3. The lowest BCUT2D eigenvalue weighted by molar-refractivity contribution is 0.101. The third-order valence-electron chi connectivity index (χ3n) is 2.38. The maximum absolute atomic E-state index is 5.01. The first-order valence-corrected chi connectivity index (χ1v) is 4.29. The van der Waals surface area contributed by atoms with Gasteiger partial charge in [-0.1, -0.05) is 0 Å². The summed E-state index contributed by atoms with van der Waals surface area (Å²) in [6.07, 6.45) is 1.23. The van der Waals surface area contributed by atoms with Crippen LogP contribution in [-0.4, -0.2) is 30.6 Å². The number of nitrogens with two attached hydrogens (primary N) is 1. The Hall–Kier alpha value is -0.120. The van der Waals surface area contributed by atoms with Gasteiger partial charge in [-0.15, -0.1) is 0 Å². The van der Waals surface area contributed by atoms with Gasteiger partial charge in [0, 0.05) is 12.6 Å². The van der Waals surface area contributed by atoms with E-state index in [-0.39, 0.29) is 0 Å². The standard InChI is InChI=1S/C8H18N2O/c1-7(2)10-4-3-8(5-10)6-11-9/h7-8H,3-6,9H2,1-2H3. The van der Waals surface area contributed by atoms with Crippen molar-refractivity contribution >= 4 is 0 Å². The predicted octanol–water partition coefficient (Wildman–Crippen LogP) is 0.607. The minimum absolute atomic E-state index is 0.655. The van der Waals surface area contributed by atoms with Crippen molar-refractivity contribution in [1.82, 2.24) is 4.90 Å². The molecule has 0 spiro atoms. The molecule has 0 aromatic rings. The van der Waals surface area contributed by atoms with Crippen LogP contribution in [0.1, 0.15) is 20.3 Å². The minimum Gasteiger partial charge on any atom is -0.304 e. The first-order valence-electron chi connectivity index (χ1n) is 4.29. The van der Waals surface area contributed by atoms with Crippen molar-refractivity contribution in [2.45, 2.75) is 26.3 Å².